The highest BCUT2D eigenvalue weighted by Gasteiger charge is 2.34. The summed E-state index contributed by atoms with van der Waals surface area (Å²) in [7, 11) is 1.62. The van der Waals surface area contributed by atoms with Gasteiger partial charge in [0.1, 0.15) is 11.6 Å². The van der Waals surface area contributed by atoms with Crippen LogP contribution >= 0.6 is 24.0 Å². The molecule has 2 aromatic rings. The molecule has 2 aromatic carbocycles. The molecule has 3 rings (SSSR count). The number of unbranched alkanes of at least 4 members (excludes halogenated alkanes) is 1. The molecule has 6 nitrogen and oxygen atoms in total. The lowest BCUT2D eigenvalue weighted by molar-refractivity contribution is 0.0652. The van der Waals surface area contributed by atoms with E-state index in [2.05, 4.69) is 15.6 Å². The Balaban J connectivity index is 0.00000341. The van der Waals surface area contributed by atoms with Crippen molar-refractivity contribution in [3.63, 3.8) is 0 Å². The Morgan fingerprint density at radius 2 is 1.61 bits per heavy atom. The van der Waals surface area contributed by atoms with Crippen LogP contribution in [0.2, 0.25) is 0 Å². The minimum atomic E-state index is -0.466. The molecule has 0 atom stereocenters. The van der Waals surface area contributed by atoms with Gasteiger partial charge in [0.15, 0.2) is 5.96 Å². The van der Waals surface area contributed by atoms with E-state index in [1.165, 1.54) is 11.0 Å². The zero-order valence-corrected chi connectivity index (χ0v) is 19.5. The van der Waals surface area contributed by atoms with Gasteiger partial charge in [-0.2, -0.15) is 0 Å². The summed E-state index contributed by atoms with van der Waals surface area (Å²) in [6.07, 6.45) is 1.71. The number of carbonyl (C=O) groups excluding carboxylic acids is 2. The fourth-order valence-electron chi connectivity index (χ4n) is 3.32. The molecule has 0 saturated heterocycles. The Morgan fingerprint density at radius 3 is 2.26 bits per heavy atom. The average Bonchev–Trinajstić information content (AvgIpc) is 2.99. The van der Waals surface area contributed by atoms with Crippen LogP contribution in [0.5, 0.6) is 0 Å². The minimum absolute atomic E-state index is 0. The summed E-state index contributed by atoms with van der Waals surface area (Å²) >= 11 is 0. The summed E-state index contributed by atoms with van der Waals surface area (Å²) in [5, 5.41) is 6.18. The van der Waals surface area contributed by atoms with E-state index < -0.39 is 11.6 Å². The molecule has 0 fully saturated rings. The van der Waals surface area contributed by atoms with E-state index in [1.54, 1.807) is 31.3 Å². The molecule has 0 saturated carbocycles. The number of carbonyl (C=O) groups is 2. The maximum atomic E-state index is 13.6. The molecule has 9 heteroatoms. The molecular formula is C22H25F2IN4O2. The van der Waals surface area contributed by atoms with Gasteiger partial charge in [-0.15, -0.1) is 24.0 Å². The standard InChI is InChI=1S/C22H24F2N4O2.HI/c1-25-22(27-12-10-15-14-16(23)8-9-19(15)24)26-11-4-5-13-28-20(29)17-6-2-3-7-18(17)21(28)30;/h2-3,6-9,14H,4-5,10-13H2,1H3,(H2,25,26,27);1H. The van der Waals surface area contributed by atoms with E-state index in [4.69, 9.17) is 0 Å². The summed E-state index contributed by atoms with van der Waals surface area (Å²) in [4.78, 5) is 30.0. The van der Waals surface area contributed by atoms with Crippen LogP contribution < -0.4 is 10.6 Å². The Labute approximate surface area is 197 Å². The van der Waals surface area contributed by atoms with Crippen LogP contribution in [0, 0.1) is 11.6 Å². The summed E-state index contributed by atoms with van der Waals surface area (Å²) in [5.74, 6) is -0.843. The molecule has 1 aliphatic rings. The maximum absolute atomic E-state index is 13.6. The van der Waals surface area contributed by atoms with Crippen LogP contribution in [0.25, 0.3) is 0 Å². The average molecular weight is 542 g/mol. The van der Waals surface area contributed by atoms with Crippen LogP contribution in [0.15, 0.2) is 47.5 Å². The Kier molecular flexibility index (Phi) is 9.35. The molecule has 0 bridgehead atoms. The van der Waals surface area contributed by atoms with E-state index in [9.17, 15) is 18.4 Å². The molecule has 31 heavy (non-hydrogen) atoms. The van der Waals surface area contributed by atoms with Gasteiger partial charge in [0.25, 0.3) is 11.8 Å². The highest BCUT2D eigenvalue weighted by Crippen LogP contribution is 2.22. The van der Waals surface area contributed by atoms with Gasteiger partial charge in [-0.1, -0.05) is 12.1 Å². The van der Waals surface area contributed by atoms with Crippen molar-refractivity contribution in [2.45, 2.75) is 19.3 Å². The molecule has 0 aromatic heterocycles. The predicted molar refractivity (Wildman–Crippen MR) is 126 cm³/mol. The largest absolute Gasteiger partial charge is 0.356 e. The number of amides is 2. The molecule has 166 valence electrons. The van der Waals surface area contributed by atoms with E-state index in [0.717, 1.165) is 18.6 Å². The Bertz CT molecular complexity index is 933. The molecule has 2 N–H and O–H groups in total. The number of nitrogens with zero attached hydrogens (tertiary/aromatic N) is 2. The molecule has 0 unspecified atom stereocenters. The van der Waals surface area contributed by atoms with Crippen LogP contribution in [0.1, 0.15) is 39.1 Å². The minimum Gasteiger partial charge on any atom is -0.356 e. The normalized spacial score (nSPS) is 13.1. The van der Waals surface area contributed by atoms with Crippen LogP contribution in [0.4, 0.5) is 8.78 Å². The molecule has 0 radical (unpaired) electrons. The number of hydrogen-bond donors (Lipinski definition) is 2. The number of halogens is 3. The molecule has 2 amide bonds. The van der Waals surface area contributed by atoms with Crippen molar-refractivity contribution >= 4 is 41.8 Å². The van der Waals surface area contributed by atoms with Gasteiger partial charge < -0.3 is 10.6 Å². The monoisotopic (exact) mass is 542 g/mol. The number of aliphatic imine (C=N–C) groups is 1. The first kappa shape index (κ1) is 24.7. The van der Waals surface area contributed by atoms with Crippen molar-refractivity contribution < 1.29 is 18.4 Å². The molecule has 0 spiro atoms. The third-order valence-corrected chi connectivity index (χ3v) is 4.90. The zero-order chi connectivity index (χ0) is 21.5. The van der Waals surface area contributed by atoms with Gasteiger partial charge in [-0.05, 0) is 55.2 Å². The molecule has 1 aliphatic heterocycles. The first-order valence-corrected chi connectivity index (χ1v) is 9.85. The van der Waals surface area contributed by atoms with E-state index >= 15 is 0 Å². The van der Waals surface area contributed by atoms with E-state index in [0.29, 0.717) is 55.1 Å². The number of hydrogen-bond acceptors (Lipinski definition) is 3. The maximum Gasteiger partial charge on any atom is 0.261 e. The van der Waals surface area contributed by atoms with Gasteiger partial charge >= 0.3 is 0 Å². The highest BCUT2D eigenvalue weighted by atomic mass is 127. The van der Waals surface area contributed by atoms with Crippen molar-refractivity contribution in [3.05, 3.63) is 70.8 Å². The molecule has 1 heterocycles. The number of imide groups is 1. The van der Waals surface area contributed by atoms with Crippen LogP contribution in [-0.2, 0) is 6.42 Å². The van der Waals surface area contributed by atoms with Gasteiger partial charge in [0.05, 0.1) is 11.1 Å². The SMILES string of the molecule is CN=C(NCCCCN1C(=O)c2ccccc2C1=O)NCCc1cc(F)ccc1F.I. The van der Waals surface area contributed by atoms with Gasteiger partial charge in [-0.25, -0.2) is 8.78 Å². The summed E-state index contributed by atoms with van der Waals surface area (Å²) < 4.78 is 26.8. The second kappa shape index (κ2) is 11.7. The zero-order valence-electron chi connectivity index (χ0n) is 17.2. The van der Waals surface area contributed by atoms with Crippen molar-refractivity contribution in [1.29, 1.82) is 0 Å². The summed E-state index contributed by atoms with van der Waals surface area (Å²) in [6, 6.07) is 10.2. The van der Waals surface area contributed by atoms with Crippen LogP contribution in [-0.4, -0.2) is 49.4 Å². The number of guanidine groups is 1. The second-order valence-corrected chi connectivity index (χ2v) is 6.93. The van der Waals surface area contributed by atoms with E-state index in [-0.39, 0.29) is 35.8 Å². The number of nitrogens with one attached hydrogen (secondary N) is 2. The lowest BCUT2D eigenvalue weighted by Gasteiger charge is -2.15. The second-order valence-electron chi connectivity index (χ2n) is 6.93. The van der Waals surface area contributed by atoms with Crippen molar-refractivity contribution in [3.8, 4) is 0 Å². The first-order valence-electron chi connectivity index (χ1n) is 9.85. The van der Waals surface area contributed by atoms with Gasteiger partial charge in [0, 0.05) is 26.7 Å². The fraction of sp³-hybridized carbons (Fsp3) is 0.318. The smallest absolute Gasteiger partial charge is 0.261 e. The van der Waals surface area contributed by atoms with E-state index in [1.807, 2.05) is 0 Å². The number of rotatable bonds is 8. The topological polar surface area (TPSA) is 73.8 Å². The predicted octanol–water partition coefficient (Wildman–Crippen LogP) is 3.37. The third kappa shape index (κ3) is 6.22. The molecule has 0 aliphatic carbocycles. The quantitative estimate of drug-likeness (QED) is 0.177. The number of fused-ring (bicyclic) bond motifs is 1. The first-order chi connectivity index (χ1) is 14.5. The van der Waals surface area contributed by atoms with Crippen LogP contribution in [0.3, 0.4) is 0 Å². The van der Waals surface area contributed by atoms with Crippen molar-refractivity contribution in [2.75, 3.05) is 26.7 Å². The highest BCUT2D eigenvalue weighted by molar-refractivity contribution is 14.0. The van der Waals surface area contributed by atoms with Crippen molar-refractivity contribution in [2.24, 2.45) is 4.99 Å². The van der Waals surface area contributed by atoms with Gasteiger partial charge in [0.2, 0.25) is 0 Å². The third-order valence-electron chi connectivity index (χ3n) is 4.90. The summed E-state index contributed by atoms with van der Waals surface area (Å²) in [5.41, 5.74) is 1.22. The lowest BCUT2D eigenvalue weighted by atomic mass is 10.1. The van der Waals surface area contributed by atoms with Crippen molar-refractivity contribution in [1.82, 2.24) is 15.5 Å². The lowest BCUT2D eigenvalue weighted by Crippen LogP contribution is -2.39. The Morgan fingerprint density at radius 1 is 0.968 bits per heavy atom. The molecular weight excluding hydrogens is 517 g/mol. The summed E-state index contributed by atoms with van der Waals surface area (Å²) in [6.45, 7) is 1.35. The number of benzene rings is 2. The fourth-order valence-corrected chi connectivity index (χ4v) is 3.32. The van der Waals surface area contributed by atoms with Gasteiger partial charge in [-0.3, -0.25) is 19.5 Å². The Hall–Kier alpha value is -2.56.